The van der Waals surface area contributed by atoms with E-state index in [9.17, 15) is 0 Å². The summed E-state index contributed by atoms with van der Waals surface area (Å²) in [5.41, 5.74) is 9.23. The van der Waals surface area contributed by atoms with Crippen LogP contribution in [0.5, 0.6) is 0 Å². The molecule has 3 aromatic carbocycles. The fourth-order valence-electron chi connectivity index (χ4n) is 3.75. The van der Waals surface area contributed by atoms with Crippen molar-refractivity contribution in [1.82, 2.24) is 9.97 Å². The van der Waals surface area contributed by atoms with E-state index in [0.717, 1.165) is 26.7 Å². The Bertz CT molecular complexity index is 1230. The van der Waals surface area contributed by atoms with Gasteiger partial charge in [-0.05, 0) is 75.8 Å². The van der Waals surface area contributed by atoms with Crippen LogP contribution in [0.3, 0.4) is 0 Å². The lowest BCUT2D eigenvalue weighted by Gasteiger charge is -2.11. The summed E-state index contributed by atoms with van der Waals surface area (Å²) in [7, 11) is 0. The maximum absolute atomic E-state index is 4.25. The van der Waals surface area contributed by atoms with Crippen molar-refractivity contribution in [3.05, 3.63) is 120 Å². The van der Waals surface area contributed by atoms with E-state index < -0.39 is 0 Å². The molecule has 0 N–H and O–H groups in total. The summed E-state index contributed by atoms with van der Waals surface area (Å²) in [5, 5.41) is 0. The van der Waals surface area contributed by atoms with Crippen molar-refractivity contribution >= 4 is 15.9 Å². The number of hydrogen-bond acceptors (Lipinski definition) is 2. The first-order valence-corrected chi connectivity index (χ1v) is 10.9. The summed E-state index contributed by atoms with van der Waals surface area (Å²) in [6.07, 6.45) is 7.39. The topological polar surface area (TPSA) is 25.8 Å². The first kappa shape index (κ1) is 19.4. The Labute approximate surface area is 190 Å². The highest BCUT2D eigenvalue weighted by Gasteiger charge is 2.08. The van der Waals surface area contributed by atoms with Gasteiger partial charge in [0.2, 0.25) is 0 Å². The summed E-state index contributed by atoms with van der Waals surface area (Å²) >= 11 is 3.71. The van der Waals surface area contributed by atoms with Crippen molar-refractivity contribution in [1.29, 1.82) is 0 Å². The van der Waals surface area contributed by atoms with Gasteiger partial charge >= 0.3 is 0 Å². The molecule has 0 amide bonds. The fourth-order valence-corrected chi connectivity index (χ4v) is 4.24. The zero-order chi connectivity index (χ0) is 21.0. The third-order valence-electron chi connectivity index (χ3n) is 5.28. The quantitative estimate of drug-likeness (QED) is 0.271. The molecule has 0 saturated heterocycles. The van der Waals surface area contributed by atoms with Gasteiger partial charge in [-0.1, -0.05) is 64.5 Å². The molecule has 0 aliphatic heterocycles. The lowest BCUT2D eigenvalue weighted by molar-refractivity contribution is 1.33. The van der Waals surface area contributed by atoms with Crippen LogP contribution in [-0.2, 0) is 0 Å². The Balaban J connectivity index is 1.56. The minimum atomic E-state index is 1.05. The first-order chi connectivity index (χ1) is 15.3. The Morgan fingerprint density at radius 3 is 1.23 bits per heavy atom. The van der Waals surface area contributed by atoms with Crippen molar-refractivity contribution in [2.75, 3.05) is 0 Å². The molecule has 3 heteroatoms. The highest BCUT2D eigenvalue weighted by molar-refractivity contribution is 9.10. The van der Waals surface area contributed by atoms with Gasteiger partial charge in [0.05, 0.1) is 0 Å². The van der Waals surface area contributed by atoms with Gasteiger partial charge in [0.1, 0.15) is 0 Å². The van der Waals surface area contributed by atoms with Crippen LogP contribution < -0.4 is 0 Å². The molecule has 0 radical (unpaired) electrons. The van der Waals surface area contributed by atoms with Crippen LogP contribution in [0.2, 0.25) is 0 Å². The number of halogens is 1. The summed E-state index contributed by atoms with van der Waals surface area (Å²) in [4.78, 5) is 8.51. The number of pyridine rings is 2. The number of hydrogen-bond donors (Lipinski definition) is 0. The second-order valence-corrected chi connectivity index (χ2v) is 8.29. The van der Waals surface area contributed by atoms with E-state index in [1.165, 1.54) is 22.3 Å². The third-order valence-corrected chi connectivity index (χ3v) is 5.74. The van der Waals surface area contributed by atoms with Crippen LogP contribution in [0.15, 0.2) is 120 Å². The average Bonchev–Trinajstić information content (AvgIpc) is 2.85. The predicted molar refractivity (Wildman–Crippen MR) is 131 cm³/mol. The number of rotatable bonds is 4. The molecule has 148 valence electrons. The van der Waals surface area contributed by atoms with Crippen molar-refractivity contribution in [2.45, 2.75) is 0 Å². The molecule has 0 bridgehead atoms. The smallest absolute Gasteiger partial charge is 0.0346 e. The predicted octanol–water partition coefficient (Wildman–Crippen LogP) is 7.91. The summed E-state index contributed by atoms with van der Waals surface area (Å²) in [6, 6.07) is 31.9. The molecule has 0 aliphatic carbocycles. The standard InChI is InChI=1S/C28H19BrN2/c29-28-16-26(22-7-1-5-20(13-22)24-9-3-11-30-18-24)15-27(17-28)23-8-2-6-21(14-23)25-10-4-12-31-19-25/h1-19H. The maximum Gasteiger partial charge on any atom is 0.0346 e. The molecule has 2 heterocycles. The summed E-state index contributed by atoms with van der Waals surface area (Å²) in [6.45, 7) is 0. The summed E-state index contributed by atoms with van der Waals surface area (Å²) < 4.78 is 1.05. The normalized spacial score (nSPS) is 10.7. The first-order valence-electron chi connectivity index (χ1n) is 10.1. The SMILES string of the molecule is Brc1cc(-c2cccc(-c3cccnc3)c2)cc(-c2cccc(-c3cccnc3)c2)c1. The van der Waals surface area contributed by atoms with E-state index in [1.54, 1.807) is 12.4 Å². The van der Waals surface area contributed by atoms with Crippen molar-refractivity contribution < 1.29 is 0 Å². The van der Waals surface area contributed by atoms with Crippen molar-refractivity contribution in [3.63, 3.8) is 0 Å². The van der Waals surface area contributed by atoms with Crippen LogP contribution in [-0.4, -0.2) is 9.97 Å². The molecule has 0 spiro atoms. The summed E-state index contributed by atoms with van der Waals surface area (Å²) in [5.74, 6) is 0. The number of aromatic nitrogens is 2. The average molecular weight is 463 g/mol. The molecule has 2 aromatic heterocycles. The van der Waals surface area contributed by atoms with E-state index in [1.807, 2.05) is 24.5 Å². The molecule has 0 aliphatic rings. The number of benzene rings is 3. The zero-order valence-corrected chi connectivity index (χ0v) is 18.3. The maximum atomic E-state index is 4.25. The Hall–Kier alpha value is -3.56. The van der Waals surface area contributed by atoms with Gasteiger partial charge in [-0.25, -0.2) is 0 Å². The molecular weight excluding hydrogens is 444 g/mol. The van der Waals surface area contributed by atoms with E-state index in [4.69, 9.17) is 0 Å². The van der Waals surface area contributed by atoms with E-state index >= 15 is 0 Å². The van der Waals surface area contributed by atoms with E-state index in [2.05, 4.69) is 105 Å². The molecule has 5 rings (SSSR count). The van der Waals surface area contributed by atoms with Crippen molar-refractivity contribution in [3.8, 4) is 44.5 Å². The Morgan fingerprint density at radius 1 is 0.419 bits per heavy atom. The van der Waals surface area contributed by atoms with Gasteiger partial charge in [0.15, 0.2) is 0 Å². The molecule has 31 heavy (non-hydrogen) atoms. The van der Waals surface area contributed by atoms with Gasteiger partial charge in [-0.2, -0.15) is 0 Å². The van der Waals surface area contributed by atoms with Gasteiger partial charge in [0, 0.05) is 40.4 Å². The molecule has 5 aromatic rings. The Morgan fingerprint density at radius 2 is 0.806 bits per heavy atom. The highest BCUT2D eigenvalue weighted by Crippen LogP contribution is 2.33. The Kier molecular flexibility index (Phi) is 5.42. The van der Waals surface area contributed by atoms with Gasteiger partial charge in [0.25, 0.3) is 0 Å². The van der Waals surface area contributed by atoms with Crippen LogP contribution in [0, 0.1) is 0 Å². The molecule has 0 atom stereocenters. The highest BCUT2D eigenvalue weighted by atomic mass is 79.9. The molecular formula is C28H19BrN2. The van der Waals surface area contributed by atoms with Gasteiger partial charge < -0.3 is 0 Å². The lowest BCUT2D eigenvalue weighted by Crippen LogP contribution is -1.86. The van der Waals surface area contributed by atoms with E-state index in [0.29, 0.717) is 0 Å². The fraction of sp³-hybridized carbons (Fsp3) is 0. The second-order valence-electron chi connectivity index (χ2n) is 7.37. The molecule has 0 unspecified atom stereocenters. The van der Waals surface area contributed by atoms with Crippen LogP contribution in [0.25, 0.3) is 44.5 Å². The van der Waals surface area contributed by atoms with Crippen LogP contribution in [0.1, 0.15) is 0 Å². The largest absolute Gasteiger partial charge is 0.264 e. The van der Waals surface area contributed by atoms with Crippen LogP contribution in [0.4, 0.5) is 0 Å². The minimum Gasteiger partial charge on any atom is -0.264 e. The minimum absolute atomic E-state index is 1.05. The van der Waals surface area contributed by atoms with E-state index in [-0.39, 0.29) is 0 Å². The molecule has 0 saturated carbocycles. The lowest BCUT2D eigenvalue weighted by atomic mass is 9.95. The monoisotopic (exact) mass is 462 g/mol. The van der Waals surface area contributed by atoms with Gasteiger partial charge in [-0.3, -0.25) is 9.97 Å². The second kappa shape index (κ2) is 8.66. The van der Waals surface area contributed by atoms with Crippen molar-refractivity contribution in [2.24, 2.45) is 0 Å². The molecule has 0 fully saturated rings. The zero-order valence-electron chi connectivity index (χ0n) is 16.7. The van der Waals surface area contributed by atoms with Gasteiger partial charge in [-0.15, -0.1) is 0 Å². The number of nitrogens with zero attached hydrogens (tertiary/aromatic N) is 2. The molecule has 2 nitrogen and oxygen atoms in total. The third kappa shape index (κ3) is 4.32. The van der Waals surface area contributed by atoms with Crippen LogP contribution >= 0.6 is 15.9 Å².